The lowest BCUT2D eigenvalue weighted by molar-refractivity contribution is 0.565. The fourth-order valence-electron chi connectivity index (χ4n) is 2.19. The third kappa shape index (κ3) is 2.61. The first kappa shape index (κ1) is 12.9. The number of aryl methyl sites for hydroxylation is 1. The van der Waals surface area contributed by atoms with E-state index in [1.165, 1.54) is 20.3 Å². The second-order valence-corrected chi connectivity index (χ2v) is 6.28. The first-order valence-corrected chi connectivity index (χ1v) is 7.82. The van der Waals surface area contributed by atoms with Gasteiger partial charge in [0.1, 0.15) is 11.3 Å². The third-order valence-corrected chi connectivity index (χ3v) is 5.10. The van der Waals surface area contributed by atoms with Crippen molar-refractivity contribution in [1.82, 2.24) is 5.32 Å². The van der Waals surface area contributed by atoms with Gasteiger partial charge >= 0.3 is 0 Å². The van der Waals surface area contributed by atoms with Crippen LogP contribution in [0.2, 0.25) is 0 Å². The van der Waals surface area contributed by atoms with Gasteiger partial charge in [0, 0.05) is 33.4 Å². The number of hydrogen-bond acceptors (Lipinski definition) is 3. The van der Waals surface area contributed by atoms with Gasteiger partial charge in [0.2, 0.25) is 0 Å². The van der Waals surface area contributed by atoms with E-state index in [4.69, 9.17) is 4.42 Å². The fourth-order valence-corrected chi connectivity index (χ4v) is 3.66. The lowest BCUT2D eigenvalue weighted by atomic mass is 10.1. The Labute approximate surface area is 124 Å². The van der Waals surface area contributed by atoms with Crippen LogP contribution in [0.1, 0.15) is 16.2 Å². The molecule has 0 aliphatic rings. The Hall–Kier alpha value is -1.10. The van der Waals surface area contributed by atoms with Crippen LogP contribution in [-0.4, -0.2) is 0 Å². The smallest absolute Gasteiger partial charge is 0.134 e. The zero-order valence-electron chi connectivity index (χ0n) is 10.6. The number of halogens is 1. The lowest BCUT2D eigenvalue weighted by Gasteiger charge is -2.03. The highest BCUT2D eigenvalue weighted by Gasteiger charge is 2.10. The van der Waals surface area contributed by atoms with Gasteiger partial charge in [-0.25, -0.2) is 0 Å². The van der Waals surface area contributed by atoms with Crippen LogP contribution in [0.25, 0.3) is 11.0 Å². The van der Waals surface area contributed by atoms with Gasteiger partial charge in [-0.1, -0.05) is 18.2 Å². The molecule has 0 fully saturated rings. The highest BCUT2D eigenvalue weighted by atomic mass is 79.9. The minimum atomic E-state index is 0.827. The molecule has 2 heterocycles. The molecule has 1 aromatic carbocycles. The first-order valence-electron chi connectivity index (χ1n) is 6.15. The van der Waals surface area contributed by atoms with E-state index < -0.39 is 0 Å². The first-order chi connectivity index (χ1) is 9.25. The number of rotatable bonds is 4. The molecule has 3 aromatic rings. The molecule has 0 unspecified atom stereocenters. The van der Waals surface area contributed by atoms with Crippen molar-refractivity contribution in [3.8, 4) is 0 Å². The molecule has 0 aliphatic heterocycles. The normalized spacial score (nSPS) is 11.3. The third-order valence-electron chi connectivity index (χ3n) is 3.18. The standard InChI is InChI=1S/C15H14BrNOS/c1-10-12(11-4-2-3-5-14(11)18-10)8-17-9-15-13(16)6-7-19-15/h2-7,17H,8-9H2,1H3. The zero-order chi connectivity index (χ0) is 13.2. The summed E-state index contributed by atoms with van der Waals surface area (Å²) in [5.41, 5.74) is 2.22. The van der Waals surface area contributed by atoms with Crippen LogP contribution in [0.15, 0.2) is 44.6 Å². The number of benzene rings is 1. The summed E-state index contributed by atoms with van der Waals surface area (Å²) >= 11 is 5.31. The Morgan fingerprint density at radius 2 is 2.05 bits per heavy atom. The van der Waals surface area contributed by atoms with Crippen molar-refractivity contribution in [1.29, 1.82) is 0 Å². The average molecular weight is 336 g/mol. The molecule has 1 N–H and O–H groups in total. The van der Waals surface area contributed by atoms with Crippen molar-refractivity contribution >= 4 is 38.2 Å². The van der Waals surface area contributed by atoms with E-state index in [0.717, 1.165) is 24.4 Å². The molecule has 19 heavy (non-hydrogen) atoms. The Balaban J connectivity index is 1.75. The highest BCUT2D eigenvalue weighted by Crippen LogP contribution is 2.26. The highest BCUT2D eigenvalue weighted by molar-refractivity contribution is 9.10. The largest absolute Gasteiger partial charge is 0.461 e. The lowest BCUT2D eigenvalue weighted by Crippen LogP contribution is -2.12. The fraction of sp³-hybridized carbons (Fsp3) is 0.200. The monoisotopic (exact) mass is 335 g/mol. The maximum Gasteiger partial charge on any atom is 0.134 e. The van der Waals surface area contributed by atoms with Crippen molar-refractivity contribution in [2.45, 2.75) is 20.0 Å². The molecule has 4 heteroatoms. The molecule has 2 aromatic heterocycles. The molecule has 0 spiro atoms. The molecule has 0 saturated heterocycles. The van der Waals surface area contributed by atoms with Gasteiger partial charge in [0.25, 0.3) is 0 Å². The summed E-state index contributed by atoms with van der Waals surface area (Å²) in [6.07, 6.45) is 0. The van der Waals surface area contributed by atoms with Crippen LogP contribution in [-0.2, 0) is 13.1 Å². The molecule has 0 atom stereocenters. The van der Waals surface area contributed by atoms with Crippen molar-refractivity contribution in [3.63, 3.8) is 0 Å². The zero-order valence-corrected chi connectivity index (χ0v) is 13.0. The number of furan rings is 1. The summed E-state index contributed by atoms with van der Waals surface area (Å²) in [6, 6.07) is 10.3. The van der Waals surface area contributed by atoms with E-state index in [9.17, 15) is 0 Å². The van der Waals surface area contributed by atoms with Crippen molar-refractivity contribution in [2.24, 2.45) is 0 Å². The van der Waals surface area contributed by atoms with Crippen LogP contribution < -0.4 is 5.32 Å². The van der Waals surface area contributed by atoms with E-state index in [1.807, 2.05) is 19.1 Å². The van der Waals surface area contributed by atoms with E-state index in [-0.39, 0.29) is 0 Å². The van der Waals surface area contributed by atoms with Gasteiger partial charge in [0.15, 0.2) is 0 Å². The summed E-state index contributed by atoms with van der Waals surface area (Å²) in [4.78, 5) is 1.32. The maximum absolute atomic E-state index is 5.76. The van der Waals surface area contributed by atoms with Crippen molar-refractivity contribution in [3.05, 3.63) is 56.4 Å². The molecule has 0 radical (unpaired) electrons. The summed E-state index contributed by atoms with van der Waals surface area (Å²) in [6.45, 7) is 3.72. The van der Waals surface area contributed by atoms with Crippen molar-refractivity contribution < 1.29 is 4.42 Å². The molecular weight excluding hydrogens is 322 g/mol. The summed E-state index contributed by atoms with van der Waals surface area (Å²) in [5, 5.41) is 6.79. The van der Waals surface area contributed by atoms with Crippen LogP contribution in [0, 0.1) is 6.92 Å². The number of nitrogens with one attached hydrogen (secondary N) is 1. The predicted octanol–water partition coefficient (Wildman–Crippen LogP) is 4.86. The Bertz CT molecular complexity index is 701. The van der Waals surface area contributed by atoms with Gasteiger partial charge in [0.05, 0.1) is 0 Å². The molecule has 2 nitrogen and oxygen atoms in total. The molecule has 98 valence electrons. The topological polar surface area (TPSA) is 25.2 Å². The summed E-state index contributed by atoms with van der Waals surface area (Å²) in [7, 11) is 0. The Morgan fingerprint density at radius 1 is 1.21 bits per heavy atom. The molecule has 3 rings (SSSR count). The molecule has 0 bridgehead atoms. The molecular formula is C15H14BrNOS. The summed E-state index contributed by atoms with van der Waals surface area (Å²) < 4.78 is 6.94. The molecule has 0 amide bonds. The van der Waals surface area contributed by atoms with Gasteiger partial charge < -0.3 is 9.73 Å². The van der Waals surface area contributed by atoms with Gasteiger partial charge in [-0.05, 0) is 40.4 Å². The number of para-hydroxylation sites is 1. The number of thiophene rings is 1. The van der Waals surface area contributed by atoms with Gasteiger partial charge in [-0.3, -0.25) is 0 Å². The minimum absolute atomic E-state index is 0.827. The minimum Gasteiger partial charge on any atom is -0.461 e. The van der Waals surface area contributed by atoms with E-state index in [0.29, 0.717) is 0 Å². The SMILES string of the molecule is Cc1oc2ccccc2c1CNCc1sccc1Br. The van der Waals surface area contributed by atoms with E-state index >= 15 is 0 Å². The summed E-state index contributed by atoms with van der Waals surface area (Å²) in [5.74, 6) is 0.999. The van der Waals surface area contributed by atoms with Crippen LogP contribution in [0.4, 0.5) is 0 Å². The maximum atomic E-state index is 5.76. The predicted molar refractivity (Wildman–Crippen MR) is 83.5 cm³/mol. The van der Waals surface area contributed by atoms with E-state index in [2.05, 4.69) is 44.8 Å². The van der Waals surface area contributed by atoms with E-state index in [1.54, 1.807) is 11.3 Å². The molecule has 0 aliphatic carbocycles. The average Bonchev–Trinajstić information content (AvgIpc) is 2.94. The Kier molecular flexibility index (Phi) is 3.73. The number of fused-ring (bicyclic) bond motifs is 1. The van der Waals surface area contributed by atoms with Gasteiger partial charge in [-0.15, -0.1) is 11.3 Å². The second kappa shape index (κ2) is 5.49. The second-order valence-electron chi connectivity index (χ2n) is 4.43. The van der Waals surface area contributed by atoms with Gasteiger partial charge in [-0.2, -0.15) is 0 Å². The molecule has 0 saturated carbocycles. The van der Waals surface area contributed by atoms with Crippen LogP contribution in [0.3, 0.4) is 0 Å². The van der Waals surface area contributed by atoms with Crippen molar-refractivity contribution in [2.75, 3.05) is 0 Å². The quantitative estimate of drug-likeness (QED) is 0.736. The number of hydrogen-bond donors (Lipinski definition) is 1. The van der Waals surface area contributed by atoms with Crippen LogP contribution >= 0.6 is 27.3 Å². The Morgan fingerprint density at radius 3 is 2.84 bits per heavy atom. The van der Waals surface area contributed by atoms with Crippen LogP contribution in [0.5, 0.6) is 0 Å².